The summed E-state index contributed by atoms with van der Waals surface area (Å²) in [6.07, 6.45) is 13.9. The summed E-state index contributed by atoms with van der Waals surface area (Å²) in [6, 6.07) is 62.8. The van der Waals surface area contributed by atoms with Gasteiger partial charge in [0.05, 0.1) is 22.1 Å². The zero-order valence-electron chi connectivity index (χ0n) is 46.4. The van der Waals surface area contributed by atoms with Gasteiger partial charge in [-0.3, -0.25) is 0 Å². The van der Waals surface area contributed by atoms with Crippen LogP contribution in [0.3, 0.4) is 0 Å². The molecule has 2 saturated carbocycles. The van der Waals surface area contributed by atoms with Gasteiger partial charge in [0.15, 0.2) is 0 Å². The number of halogens is 4. The Morgan fingerprint density at radius 3 is 1.71 bits per heavy atom. The Hall–Kier alpha value is -5.58. The van der Waals surface area contributed by atoms with Crippen LogP contribution in [0.4, 0.5) is 13.2 Å². The first-order valence-electron chi connectivity index (χ1n) is 27.1. The van der Waals surface area contributed by atoms with E-state index in [0.29, 0.717) is 0 Å². The van der Waals surface area contributed by atoms with Crippen molar-refractivity contribution >= 4 is 52.9 Å². The van der Waals surface area contributed by atoms with Crippen molar-refractivity contribution in [2.45, 2.75) is 123 Å². The average Bonchev–Trinajstić information content (AvgIpc) is 4.18. The SMILES string of the molecule is CN(C)Cc1[c-]cccc1.Cc1cc(C)c(-c2ccccc2[PH+](C2CCCCC2)C2CCCCC2)c(C)c1.Cc1ccc(-n2ccc3ccccc32)cc1.Cc1ccc(Cl)cc1.O=[C-]C(F)(F)F.[Pd].c1ccc2[nH]ccc2c1. The first-order valence-corrected chi connectivity index (χ1v) is 29.1. The third-order valence-electron chi connectivity index (χ3n) is 14.0. The summed E-state index contributed by atoms with van der Waals surface area (Å²) >= 11 is 5.61. The number of hydrogen-bond donors (Lipinski definition) is 1. The Morgan fingerprint density at radius 2 is 1.17 bits per heavy atom. The van der Waals surface area contributed by atoms with E-state index in [0.717, 1.165) is 22.9 Å². The molecule has 78 heavy (non-hydrogen) atoms. The predicted octanol–water partition coefficient (Wildman–Crippen LogP) is 18.7. The fraction of sp³-hybridized carbons (Fsp3) is 0.309. The molecule has 0 bridgehead atoms. The van der Waals surface area contributed by atoms with Gasteiger partial charge in [0.2, 0.25) is 0 Å². The summed E-state index contributed by atoms with van der Waals surface area (Å²) in [4.78, 5) is 13.8. The first kappa shape index (κ1) is 63.3. The molecule has 2 aliphatic rings. The van der Waals surface area contributed by atoms with E-state index in [-0.39, 0.29) is 26.7 Å². The smallest absolute Gasteiger partial charge is 0.298 e. The molecule has 10 heteroatoms. The Kier molecular flexibility index (Phi) is 26.3. The topological polar surface area (TPSA) is 41.0 Å². The minimum absolute atomic E-state index is 0. The van der Waals surface area contributed by atoms with Crippen LogP contribution >= 0.6 is 19.5 Å². The van der Waals surface area contributed by atoms with E-state index in [1.165, 1.54) is 131 Å². The second-order valence-corrected chi connectivity index (χ2v) is 24.1. The van der Waals surface area contributed by atoms with Crippen LogP contribution in [0.5, 0.6) is 0 Å². The first-order chi connectivity index (χ1) is 37.1. The Balaban J connectivity index is 0.000000189. The second kappa shape index (κ2) is 32.5. The van der Waals surface area contributed by atoms with Gasteiger partial charge in [0.1, 0.15) is 0 Å². The molecule has 0 radical (unpaired) electrons. The summed E-state index contributed by atoms with van der Waals surface area (Å²) in [5.74, 6) is 0. The monoisotopic (exact) mass is 1180 g/mol. The minimum Gasteiger partial charge on any atom is -0.533 e. The number of aromatic amines is 1. The molecule has 0 unspecified atom stereocenters. The fourth-order valence-electron chi connectivity index (χ4n) is 10.6. The summed E-state index contributed by atoms with van der Waals surface area (Å²) in [5.41, 5.74) is 16.8. The van der Waals surface area contributed by atoms with Crippen LogP contribution in [0.2, 0.25) is 5.02 Å². The van der Waals surface area contributed by atoms with Gasteiger partial charge >= 0.3 is 0 Å². The van der Waals surface area contributed by atoms with Crippen molar-refractivity contribution in [2.24, 2.45) is 0 Å². The van der Waals surface area contributed by atoms with Gasteiger partial charge in [-0.05, 0) is 182 Å². The normalized spacial score (nSPS) is 13.4. The zero-order valence-corrected chi connectivity index (χ0v) is 49.7. The molecular weight excluding hydrogens is 1100 g/mol. The number of aromatic nitrogens is 2. The molecule has 2 fully saturated rings. The van der Waals surface area contributed by atoms with E-state index in [1.807, 2.05) is 67.7 Å². The molecule has 9 aromatic rings. The van der Waals surface area contributed by atoms with Gasteiger partial charge in [0, 0.05) is 69.1 Å². The fourth-order valence-corrected chi connectivity index (χ4v) is 15.1. The molecule has 0 amide bonds. The molecule has 7 aromatic carbocycles. The van der Waals surface area contributed by atoms with Crippen LogP contribution in [-0.2, 0) is 31.8 Å². The van der Waals surface area contributed by atoms with E-state index >= 15 is 0 Å². The molecule has 1 N–H and O–H groups in total. The predicted molar refractivity (Wildman–Crippen MR) is 325 cm³/mol. The molecule has 4 nitrogen and oxygen atoms in total. The Labute approximate surface area is 483 Å². The van der Waals surface area contributed by atoms with E-state index in [9.17, 15) is 13.2 Å². The number of para-hydroxylation sites is 2. The molecule has 2 aromatic heterocycles. The van der Waals surface area contributed by atoms with Crippen LogP contribution in [0.15, 0.2) is 182 Å². The number of benzene rings is 7. The third kappa shape index (κ3) is 20.3. The van der Waals surface area contributed by atoms with Crippen molar-refractivity contribution < 1.29 is 38.4 Å². The van der Waals surface area contributed by atoms with Crippen LogP contribution in [0.1, 0.15) is 97.6 Å². The van der Waals surface area contributed by atoms with Crippen LogP contribution in [-0.4, -0.2) is 52.3 Å². The quantitative estimate of drug-likeness (QED) is 0.0981. The van der Waals surface area contributed by atoms with Gasteiger partial charge in [-0.25, -0.2) is 13.2 Å². The van der Waals surface area contributed by atoms with Gasteiger partial charge in [-0.1, -0.05) is 132 Å². The van der Waals surface area contributed by atoms with Crippen molar-refractivity contribution in [1.82, 2.24) is 14.5 Å². The number of nitrogens with one attached hydrogen (secondary N) is 1. The molecular formula is C68H77ClF3N3OPPd-. The van der Waals surface area contributed by atoms with Gasteiger partial charge < -0.3 is 19.2 Å². The number of H-pyrrole nitrogens is 1. The number of carbonyl (C=O) groups excluding carboxylic acids is 1. The van der Waals surface area contributed by atoms with Crippen LogP contribution < -0.4 is 5.30 Å². The standard InChI is InChI=1S/C27H37P.C15H13N.C9H12N.C8H7N.C7H7Cl.C2F3O.Pd/c1-20-18-21(2)27(22(3)19-20)25-16-10-11-17-26(25)28(23-12-6-4-7-13-23)24-14-8-5-9-15-24;1-12-6-8-14(9-7-12)16-11-10-13-4-2-3-5-15(13)16;1-10(2)8-9-6-4-3-5-7-9;1-2-4-8-7(3-1)5-6-9-8;1-6-2-4-7(8)5-3-6;3-2(4,5)1-6;/h10-11,16-19,23-24H,4-9,12-15H2,1-3H3;2-11H,1H3;3-6H,8H2,1-2H3;1-6,9H;2-5H,1H3;;/q;;-1;;;-1;/p+1. The number of fused-ring (bicyclic) bond motifs is 2. The van der Waals surface area contributed by atoms with Crippen molar-refractivity contribution in [3.05, 3.63) is 227 Å². The Morgan fingerprint density at radius 1 is 0.641 bits per heavy atom. The summed E-state index contributed by atoms with van der Waals surface area (Å²) in [7, 11) is 3.57. The van der Waals surface area contributed by atoms with E-state index in [2.05, 4.69) is 184 Å². The van der Waals surface area contributed by atoms with E-state index in [4.69, 9.17) is 16.4 Å². The Bertz CT molecular complexity index is 3050. The van der Waals surface area contributed by atoms with Gasteiger partial charge in [-0.2, -0.15) is 36.6 Å². The molecule has 11 rings (SSSR count). The summed E-state index contributed by atoms with van der Waals surface area (Å²) in [5, 5.41) is 5.12. The van der Waals surface area contributed by atoms with E-state index in [1.54, 1.807) is 10.9 Å². The largest absolute Gasteiger partial charge is 0.533 e. The van der Waals surface area contributed by atoms with E-state index < -0.39 is 14.1 Å². The minimum atomic E-state index is -4.76. The van der Waals surface area contributed by atoms with Crippen LogP contribution in [0.25, 0.3) is 38.6 Å². The molecule has 0 atom stereocenters. The molecule has 414 valence electrons. The summed E-state index contributed by atoms with van der Waals surface area (Å²) < 4.78 is 33.3. The molecule has 0 spiro atoms. The number of rotatable bonds is 7. The maximum Gasteiger partial charge on any atom is 0.298 e. The maximum absolute atomic E-state index is 10.4. The summed E-state index contributed by atoms with van der Waals surface area (Å²) in [6.45, 7) is 12.0. The number of hydrogen-bond acceptors (Lipinski definition) is 2. The van der Waals surface area contributed by atoms with Crippen molar-refractivity contribution in [1.29, 1.82) is 0 Å². The van der Waals surface area contributed by atoms with Crippen LogP contribution in [0, 0.1) is 40.7 Å². The molecule has 0 aliphatic heterocycles. The van der Waals surface area contributed by atoms with Crippen molar-refractivity contribution in [2.75, 3.05) is 14.1 Å². The van der Waals surface area contributed by atoms with Crippen molar-refractivity contribution in [3.8, 4) is 16.8 Å². The van der Waals surface area contributed by atoms with Crippen molar-refractivity contribution in [3.63, 3.8) is 0 Å². The average molecular weight is 1180 g/mol. The molecule has 2 aliphatic carbocycles. The number of aryl methyl sites for hydroxylation is 5. The number of nitrogens with zero attached hydrogens (tertiary/aromatic N) is 2. The zero-order chi connectivity index (χ0) is 55.2. The number of alkyl halides is 3. The maximum atomic E-state index is 10.4. The molecule has 0 saturated heterocycles. The second-order valence-electron chi connectivity index (χ2n) is 20.6. The van der Waals surface area contributed by atoms with Gasteiger partial charge in [-0.15, -0.1) is 5.56 Å². The van der Waals surface area contributed by atoms with Gasteiger partial charge in [0.25, 0.3) is 6.18 Å². The third-order valence-corrected chi connectivity index (χ3v) is 18.3. The molecule has 2 heterocycles.